The molecule has 0 radical (unpaired) electrons. The van der Waals surface area contributed by atoms with Crippen LogP contribution in [0.3, 0.4) is 0 Å². The summed E-state index contributed by atoms with van der Waals surface area (Å²) in [5.41, 5.74) is -0.983. The first kappa shape index (κ1) is 57.3. The van der Waals surface area contributed by atoms with E-state index in [0.717, 1.165) is 57.8 Å². The number of esters is 1. The van der Waals surface area contributed by atoms with Crippen molar-refractivity contribution in [1.29, 1.82) is 0 Å². The van der Waals surface area contributed by atoms with Gasteiger partial charge in [0, 0.05) is 63.9 Å². The number of amides is 3. The summed E-state index contributed by atoms with van der Waals surface area (Å²) in [5.74, 6) is -14.7. The van der Waals surface area contributed by atoms with Gasteiger partial charge in [-0.1, -0.05) is 65.2 Å². The molecular weight excluding hydrogens is 837 g/mol. The van der Waals surface area contributed by atoms with Gasteiger partial charge in [-0.15, -0.1) is 0 Å². The van der Waals surface area contributed by atoms with Crippen LogP contribution in [0.2, 0.25) is 0 Å². The molecule has 0 aliphatic heterocycles. The minimum absolute atomic E-state index is 0.0543. The van der Waals surface area contributed by atoms with Crippen molar-refractivity contribution in [3.05, 3.63) is 29.1 Å². The van der Waals surface area contributed by atoms with Crippen molar-refractivity contribution in [2.75, 3.05) is 65.9 Å². The Labute approximate surface area is 370 Å². The summed E-state index contributed by atoms with van der Waals surface area (Å²) < 4.78 is 93.9. The van der Waals surface area contributed by atoms with Crippen molar-refractivity contribution in [1.82, 2.24) is 16.0 Å². The molecule has 0 fully saturated rings. The number of rotatable bonds is 40. The van der Waals surface area contributed by atoms with Crippen LogP contribution in [0.25, 0.3) is 0 Å². The molecule has 63 heavy (non-hydrogen) atoms. The molecule has 3 amide bonds. The molecule has 3 N–H and O–H groups in total. The van der Waals surface area contributed by atoms with Crippen molar-refractivity contribution in [2.45, 2.75) is 155 Å². The van der Waals surface area contributed by atoms with Gasteiger partial charge >= 0.3 is 5.97 Å². The summed E-state index contributed by atoms with van der Waals surface area (Å²) >= 11 is 0. The summed E-state index contributed by atoms with van der Waals surface area (Å²) in [6, 6.07) is 0. The second-order valence-corrected chi connectivity index (χ2v) is 15.6. The Morgan fingerprint density at radius 3 is 1.41 bits per heavy atom. The second-order valence-electron chi connectivity index (χ2n) is 15.6. The molecule has 0 spiro atoms. The minimum Gasteiger partial charge on any atom is -0.420 e. The van der Waals surface area contributed by atoms with Crippen LogP contribution in [-0.4, -0.2) is 101 Å². The standard InChI is InChI=1S/C45H72F5N3O10/c1-4-6-15-27-60-28-24-51-35(55)19-22-45(21-18-34(3)54,23-20-36(56)52-25-29-61-31-33-62-32-30-59-26-5-2)53-37(57)16-13-11-9-7-8-10-12-14-17-38(58)63-44-42(49)40(47)39(46)41(48)43(44)50/h4-33H2,1-3H3,(H,51,55)(H,52,56)(H,53,57). The van der Waals surface area contributed by atoms with Crippen LogP contribution in [0.1, 0.15) is 149 Å². The first-order chi connectivity index (χ1) is 30.3. The molecule has 0 bridgehead atoms. The fraction of sp³-hybridized carbons (Fsp3) is 0.756. The lowest BCUT2D eigenvalue weighted by Crippen LogP contribution is -2.50. The number of hydrogen-bond acceptors (Lipinski definition) is 10. The summed E-state index contributed by atoms with van der Waals surface area (Å²) in [4.78, 5) is 63.3. The molecule has 18 heteroatoms. The topological polar surface area (TPSA) is 168 Å². The second kappa shape index (κ2) is 35.6. The third-order valence-corrected chi connectivity index (χ3v) is 10.1. The van der Waals surface area contributed by atoms with Gasteiger partial charge in [-0.2, -0.15) is 8.78 Å². The van der Waals surface area contributed by atoms with E-state index in [9.17, 15) is 45.9 Å². The smallest absolute Gasteiger partial charge is 0.311 e. The zero-order valence-electron chi connectivity index (χ0n) is 37.7. The third-order valence-electron chi connectivity index (χ3n) is 10.1. The predicted molar refractivity (Wildman–Crippen MR) is 226 cm³/mol. The van der Waals surface area contributed by atoms with Gasteiger partial charge in [0.1, 0.15) is 5.78 Å². The third kappa shape index (κ3) is 27.3. The Balaban J connectivity index is 2.61. The number of ether oxygens (including phenoxy) is 5. The quantitative estimate of drug-likeness (QED) is 0.0147. The Bertz CT molecular complexity index is 1460. The molecule has 13 nitrogen and oxygen atoms in total. The average molecular weight is 910 g/mol. The Morgan fingerprint density at radius 2 is 0.905 bits per heavy atom. The van der Waals surface area contributed by atoms with Gasteiger partial charge in [-0.05, 0) is 51.9 Å². The summed E-state index contributed by atoms with van der Waals surface area (Å²) in [5, 5.41) is 8.80. The van der Waals surface area contributed by atoms with Gasteiger partial charge in [0.15, 0.2) is 0 Å². The molecule has 1 rings (SSSR count). The highest BCUT2D eigenvalue weighted by atomic mass is 19.2. The summed E-state index contributed by atoms with van der Waals surface area (Å²) in [7, 11) is 0. The van der Waals surface area contributed by atoms with E-state index in [1.807, 2.05) is 6.92 Å². The highest BCUT2D eigenvalue weighted by Gasteiger charge is 2.33. The molecule has 0 heterocycles. The zero-order valence-corrected chi connectivity index (χ0v) is 37.7. The normalized spacial score (nSPS) is 12.2. The summed E-state index contributed by atoms with van der Waals surface area (Å²) in [6.07, 6.45) is 10.3. The van der Waals surface area contributed by atoms with Crippen LogP contribution in [-0.2, 0) is 42.9 Å². The average Bonchev–Trinajstić information content (AvgIpc) is 3.26. The maximum atomic E-state index is 13.8. The predicted octanol–water partition coefficient (Wildman–Crippen LogP) is 7.87. The van der Waals surface area contributed by atoms with Crippen molar-refractivity contribution >= 4 is 29.5 Å². The lowest BCUT2D eigenvalue weighted by molar-refractivity contribution is -0.135. The Hall–Kier alpha value is -3.74. The van der Waals surface area contributed by atoms with E-state index >= 15 is 0 Å². The van der Waals surface area contributed by atoms with E-state index in [1.54, 1.807) is 0 Å². The van der Waals surface area contributed by atoms with E-state index in [2.05, 4.69) is 27.6 Å². The van der Waals surface area contributed by atoms with Crippen LogP contribution in [0, 0.1) is 29.1 Å². The van der Waals surface area contributed by atoms with E-state index in [-0.39, 0.29) is 94.4 Å². The largest absolute Gasteiger partial charge is 0.420 e. The van der Waals surface area contributed by atoms with Crippen molar-refractivity contribution in [2.24, 2.45) is 0 Å². The lowest BCUT2D eigenvalue weighted by Gasteiger charge is -2.35. The van der Waals surface area contributed by atoms with Crippen molar-refractivity contribution in [3.8, 4) is 5.75 Å². The molecule has 0 saturated heterocycles. The van der Waals surface area contributed by atoms with Gasteiger partial charge in [-0.3, -0.25) is 19.2 Å². The summed E-state index contributed by atoms with van der Waals surface area (Å²) in [6.45, 7) is 9.95. The number of hydrogen-bond donors (Lipinski definition) is 3. The first-order valence-electron chi connectivity index (χ1n) is 22.6. The van der Waals surface area contributed by atoms with Crippen LogP contribution in [0.5, 0.6) is 5.75 Å². The number of carbonyl (C=O) groups is 5. The molecule has 362 valence electrons. The molecule has 1 aromatic carbocycles. The number of nitrogens with one attached hydrogen (secondary N) is 3. The lowest BCUT2D eigenvalue weighted by atomic mass is 9.82. The van der Waals surface area contributed by atoms with E-state index < -0.39 is 46.3 Å². The van der Waals surface area contributed by atoms with Crippen molar-refractivity contribution in [3.63, 3.8) is 0 Å². The van der Waals surface area contributed by atoms with Crippen LogP contribution < -0.4 is 20.7 Å². The molecule has 0 saturated carbocycles. The number of carbonyl (C=O) groups excluding carboxylic acids is 5. The molecule has 1 atom stereocenters. The number of ketones is 1. The molecule has 0 aliphatic rings. The maximum absolute atomic E-state index is 13.8. The fourth-order valence-corrected chi connectivity index (χ4v) is 6.44. The fourth-order valence-electron chi connectivity index (χ4n) is 6.44. The number of benzene rings is 1. The number of halogens is 5. The highest BCUT2D eigenvalue weighted by Crippen LogP contribution is 2.30. The van der Waals surface area contributed by atoms with Gasteiger partial charge in [0.2, 0.25) is 52.6 Å². The van der Waals surface area contributed by atoms with Gasteiger partial charge < -0.3 is 44.4 Å². The van der Waals surface area contributed by atoms with Crippen LogP contribution in [0.4, 0.5) is 22.0 Å². The van der Waals surface area contributed by atoms with Crippen LogP contribution >= 0.6 is 0 Å². The first-order valence-corrected chi connectivity index (χ1v) is 22.6. The minimum atomic E-state index is -2.34. The maximum Gasteiger partial charge on any atom is 0.311 e. The SMILES string of the molecule is CCCCCOCCNC(=O)CCC(CCC(C)=O)(CCC(=O)NCCOCCOCCOCCC)NC(=O)CCCCCCCCCCC(=O)Oc1c(F)c(F)c(F)c(F)c1F. The van der Waals surface area contributed by atoms with E-state index in [1.165, 1.54) is 6.92 Å². The van der Waals surface area contributed by atoms with Gasteiger partial charge in [0.05, 0.1) is 39.6 Å². The molecule has 0 aromatic heterocycles. The molecule has 1 unspecified atom stereocenters. The Kier molecular flexibility index (Phi) is 32.4. The number of Topliss-reactive ketones (excluding diaryl/α,β-unsaturated/α-hetero) is 1. The molecular formula is C45H72F5N3O10. The van der Waals surface area contributed by atoms with Crippen LogP contribution in [0.15, 0.2) is 0 Å². The highest BCUT2D eigenvalue weighted by molar-refractivity contribution is 5.80. The van der Waals surface area contributed by atoms with Gasteiger partial charge in [0.25, 0.3) is 0 Å². The van der Waals surface area contributed by atoms with Crippen molar-refractivity contribution < 1.29 is 69.6 Å². The molecule has 0 aliphatic carbocycles. The van der Waals surface area contributed by atoms with Gasteiger partial charge in [-0.25, -0.2) is 13.2 Å². The molecule has 1 aromatic rings. The monoisotopic (exact) mass is 910 g/mol. The Morgan fingerprint density at radius 1 is 0.460 bits per heavy atom. The number of unbranched alkanes of at least 4 members (excludes halogenated alkanes) is 9. The zero-order chi connectivity index (χ0) is 46.7. The van der Waals surface area contributed by atoms with E-state index in [0.29, 0.717) is 65.6 Å². The van der Waals surface area contributed by atoms with E-state index in [4.69, 9.17) is 18.9 Å².